The highest BCUT2D eigenvalue weighted by atomic mass is 16.5. The zero-order valence-corrected chi connectivity index (χ0v) is 14.9. The molecule has 0 aliphatic carbocycles. The van der Waals surface area contributed by atoms with E-state index in [9.17, 15) is 4.79 Å². The molecule has 2 aromatic carbocycles. The Labute approximate surface area is 153 Å². The van der Waals surface area contributed by atoms with E-state index in [4.69, 9.17) is 4.74 Å². The van der Waals surface area contributed by atoms with Gasteiger partial charge in [-0.2, -0.15) is 0 Å². The Bertz CT molecular complexity index is 880. The highest BCUT2D eigenvalue weighted by Crippen LogP contribution is 2.23. The maximum atomic E-state index is 12.4. The number of ether oxygens (including phenoxy) is 1. The Hall–Kier alpha value is -2.59. The summed E-state index contributed by atoms with van der Waals surface area (Å²) in [6.07, 6.45) is 4.82. The molecule has 1 amide bonds. The highest BCUT2D eigenvalue weighted by molar-refractivity contribution is 5.89. The van der Waals surface area contributed by atoms with Gasteiger partial charge in [-0.25, -0.2) is 0 Å². The van der Waals surface area contributed by atoms with E-state index in [2.05, 4.69) is 52.5 Å². The first kappa shape index (κ1) is 16.9. The van der Waals surface area contributed by atoms with E-state index >= 15 is 0 Å². The monoisotopic (exact) mass is 348 g/mol. The number of fused-ring (bicyclic) bond motifs is 1. The van der Waals surface area contributed by atoms with Gasteiger partial charge in [-0.05, 0) is 30.0 Å². The van der Waals surface area contributed by atoms with Gasteiger partial charge in [-0.1, -0.05) is 48.5 Å². The maximum absolute atomic E-state index is 12.4. The number of hydrogen-bond donors (Lipinski definition) is 1. The van der Waals surface area contributed by atoms with Crippen molar-refractivity contribution in [3.63, 3.8) is 0 Å². The second kappa shape index (κ2) is 7.75. The van der Waals surface area contributed by atoms with Crippen molar-refractivity contribution in [3.05, 3.63) is 71.9 Å². The second-order valence-electron chi connectivity index (χ2n) is 6.90. The highest BCUT2D eigenvalue weighted by Gasteiger charge is 2.17. The van der Waals surface area contributed by atoms with Crippen LogP contribution < -0.4 is 5.32 Å². The number of amides is 1. The van der Waals surface area contributed by atoms with Gasteiger partial charge in [0.05, 0.1) is 12.5 Å². The van der Waals surface area contributed by atoms with E-state index in [1.807, 2.05) is 18.2 Å². The minimum atomic E-state index is 0.0584. The molecule has 1 aliphatic rings. The summed E-state index contributed by atoms with van der Waals surface area (Å²) in [5, 5.41) is 4.17. The van der Waals surface area contributed by atoms with Gasteiger partial charge in [0.25, 0.3) is 0 Å². The first-order valence-corrected chi connectivity index (χ1v) is 9.28. The molecule has 0 radical (unpaired) electrons. The molecule has 26 heavy (non-hydrogen) atoms. The van der Waals surface area contributed by atoms with Crippen molar-refractivity contribution < 1.29 is 9.53 Å². The third kappa shape index (κ3) is 3.81. The molecular formula is C22H24N2O2. The topological polar surface area (TPSA) is 43.3 Å². The summed E-state index contributed by atoms with van der Waals surface area (Å²) in [6, 6.07) is 18.7. The summed E-state index contributed by atoms with van der Waals surface area (Å²) in [5.41, 5.74) is 3.49. The molecule has 0 bridgehead atoms. The van der Waals surface area contributed by atoms with Crippen LogP contribution >= 0.6 is 0 Å². The van der Waals surface area contributed by atoms with E-state index in [0.717, 1.165) is 36.9 Å². The fraction of sp³-hybridized carbons (Fsp3) is 0.318. The van der Waals surface area contributed by atoms with Crippen molar-refractivity contribution >= 4 is 16.8 Å². The number of carbonyl (C=O) groups is 1. The van der Waals surface area contributed by atoms with Crippen LogP contribution in [0.4, 0.5) is 0 Å². The molecule has 1 aromatic heterocycles. The Morgan fingerprint density at radius 2 is 1.92 bits per heavy atom. The first-order valence-electron chi connectivity index (χ1n) is 9.28. The minimum Gasteiger partial charge on any atom is -0.376 e. The van der Waals surface area contributed by atoms with Gasteiger partial charge >= 0.3 is 0 Å². The molecule has 4 heteroatoms. The van der Waals surface area contributed by atoms with Crippen molar-refractivity contribution in [2.75, 3.05) is 13.2 Å². The van der Waals surface area contributed by atoms with Crippen LogP contribution in [-0.4, -0.2) is 29.7 Å². The third-order valence-electron chi connectivity index (χ3n) is 4.97. The van der Waals surface area contributed by atoms with Gasteiger partial charge in [-0.15, -0.1) is 0 Å². The summed E-state index contributed by atoms with van der Waals surface area (Å²) in [7, 11) is 0. The van der Waals surface area contributed by atoms with Crippen molar-refractivity contribution in [3.8, 4) is 0 Å². The lowest BCUT2D eigenvalue weighted by atomic mass is 10.1. The number of aromatic nitrogens is 1. The molecule has 0 unspecified atom stereocenters. The van der Waals surface area contributed by atoms with Gasteiger partial charge in [0.15, 0.2) is 0 Å². The molecule has 1 N–H and O–H groups in total. The number of nitrogens with zero attached hydrogens (tertiary/aromatic N) is 1. The normalized spacial score (nSPS) is 16.8. The predicted octanol–water partition coefficient (Wildman–Crippen LogP) is 3.53. The molecule has 1 fully saturated rings. The minimum absolute atomic E-state index is 0.0584. The SMILES string of the molecule is O=C(Cc1cn(Cc2ccccc2)c2ccccc12)NC[C@H]1CCCO1. The van der Waals surface area contributed by atoms with E-state index in [1.165, 1.54) is 11.1 Å². The summed E-state index contributed by atoms with van der Waals surface area (Å²) in [4.78, 5) is 12.4. The Morgan fingerprint density at radius 1 is 1.12 bits per heavy atom. The van der Waals surface area contributed by atoms with Gasteiger partial charge in [0.2, 0.25) is 5.91 Å². The van der Waals surface area contributed by atoms with E-state index in [1.54, 1.807) is 0 Å². The molecule has 0 spiro atoms. The zero-order chi connectivity index (χ0) is 17.8. The van der Waals surface area contributed by atoms with Gasteiger partial charge < -0.3 is 14.6 Å². The zero-order valence-electron chi connectivity index (χ0n) is 14.9. The number of carbonyl (C=O) groups excluding carboxylic acids is 1. The maximum Gasteiger partial charge on any atom is 0.224 e. The lowest BCUT2D eigenvalue weighted by Gasteiger charge is -2.10. The molecule has 134 valence electrons. The quantitative estimate of drug-likeness (QED) is 0.741. The number of rotatable bonds is 6. The van der Waals surface area contributed by atoms with Gasteiger partial charge in [-0.3, -0.25) is 4.79 Å². The smallest absolute Gasteiger partial charge is 0.224 e. The molecule has 1 aliphatic heterocycles. The molecular weight excluding hydrogens is 324 g/mol. The number of nitrogens with one attached hydrogen (secondary N) is 1. The van der Waals surface area contributed by atoms with Crippen molar-refractivity contribution in [1.82, 2.24) is 9.88 Å². The standard InChI is InChI=1S/C22H24N2O2/c25-22(23-14-19-9-6-12-26-19)13-18-16-24(15-17-7-2-1-3-8-17)21-11-5-4-10-20(18)21/h1-5,7-8,10-11,16,19H,6,9,12-15H2,(H,23,25)/t19-/m1/s1. The largest absolute Gasteiger partial charge is 0.376 e. The molecule has 0 saturated carbocycles. The van der Waals surface area contributed by atoms with Gasteiger partial charge in [0.1, 0.15) is 0 Å². The number of para-hydroxylation sites is 1. The van der Waals surface area contributed by atoms with Crippen LogP contribution in [0.2, 0.25) is 0 Å². The van der Waals surface area contributed by atoms with Crippen molar-refractivity contribution in [2.24, 2.45) is 0 Å². The Morgan fingerprint density at radius 3 is 2.73 bits per heavy atom. The van der Waals surface area contributed by atoms with Crippen LogP contribution in [0.3, 0.4) is 0 Å². The average Bonchev–Trinajstić information content (AvgIpc) is 3.30. The summed E-state index contributed by atoms with van der Waals surface area (Å²) in [6.45, 7) is 2.23. The Kier molecular flexibility index (Phi) is 5.02. The van der Waals surface area contributed by atoms with E-state index in [-0.39, 0.29) is 12.0 Å². The van der Waals surface area contributed by atoms with E-state index in [0.29, 0.717) is 13.0 Å². The predicted molar refractivity (Wildman–Crippen MR) is 103 cm³/mol. The van der Waals surface area contributed by atoms with Crippen molar-refractivity contribution in [1.29, 1.82) is 0 Å². The Balaban J connectivity index is 1.50. The third-order valence-corrected chi connectivity index (χ3v) is 4.97. The lowest BCUT2D eigenvalue weighted by Crippen LogP contribution is -2.32. The van der Waals surface area contributed by atoms with E-state index < -0.39 is 0 Å². The van der Waals surface area contributed by atoms with Crippen LogP contribution in [-0.2, 0) is 22.5 Å². The molecule has 2 heterocycles. The summed E-state index contributed by atoms with van der Waals surface area (Å²) >= 11 is 0. The van der Waals surface area contributed by atoms with Crippen LogP contribution in [0.5, 0.6) is 0 Å². The fourth-order valence-corrected chi connectivity index (χ4v) is 3.64. The summed E-state index contributed by atoms with van der Waals surface area (Å²) < 4.78 is 7.80. The molecule has 1 atom stereocenters. The molecule has 4 rings (SSSR count). The summed E-state index contributed by atoms with van der Waals surface area (Å²) in [5.74, 6) is 0.0584. The van der Waals surface area contributed by atoms with Crippen molar-refractivity contribution in [2.45, 2.75) is 31.9 Å². The fourth-order valence-electron chi connectivity index (χ4n) is 3.64. The lowest BCUT2D eigenvalue weighted by molar-refractivity contribution is -0.120. The molecule has 4 nitrogen and oxygen atoms in total. The van der Waals surface area contributed by atoms with Crippen LogP contribution in [0, 0.1) is 0 Å². The molecule has 3 aromatic rings. The number of hydrogen-bond acceptors (Lipinski definition) is 2. The second-order valence-corrected chi connectivity index (χ2v) is 6.90. The first-order chi connectivity index (χ1) is 12.8. The van der Waals surface area contributed by atoms with Gasteiger partial charge in [0, 0.05) is 36.8 Å². The van der Waals surface area contributed by atoms with Crippen LogP contribution in [0.25, 0.3) is 10.9 Å². The molecule has 1 saturated heterocycles. The number of benzene rings is 2. The van der Waals surface area contributed by atoms with Crippen LogP contribution in [0.15, 0.2) is 60.8 Å². The van der Waals surface area contributed by atoms with Crippen LogP contribution in [0.1, 0.15) is 24.0 Å². The average molecular weight is 348 g/mol.